The van der Waals surface area contributed by atoms with Crippen LogP contribution in [0.2, 0.25) is 0 Å². The average molecular weight is 504 g/mol. The van der Waals surface area contributed by atoms with Crippen LogP contribution in [0.15, 0.2) is 59.0 Å². The lowest BCUT2D eigenvalue weighted by Gasteiger charge is -2.17. The highest BCUT2D eigenvalue weighted by molar-refractivity contribution is 8.01. The number of carbonyl (C=O) groups excluding carboxylic acids is 4. The van der Waals surface area contributed by atoms with Crippen LogP contribution in [0.25, 0.3) is 10.2 Å². The highest BCUT2D eigenvalue weighted by atomic mass is 32.2. The van der Waals surface area contributed by atoms with E-state index >= 15 is 0 Å². The molecule has 2 aromatic carbocycles. The molecule has 9 heteroatoms. The summed E-state index contributed by atoms with van der Waals surface area (Å²) >= 11 is 2.76. The van der Waals surface area contributed by atoms with Gasteiger partial charge in [-0.2, -0.15) is 0 Å². The molecule has 1 N–H and O–H groups in total. The Labute approximate surface area is 209 Å². The van der Waals surface area contributed by atoms with E-state index in [0.717, 1.165) is 21.0 Å². The molecule has 0 spiro atoms. The van der Waals surface area contributed by atoms with E-state index in [1.54, 1.807) is 30.3 Å². The van der Waals surface area contributed by atoms with Gasteiger partial charge >= 0.3 is 0 Å². The number of anilines is 2. The van der Waals surface area contributed by atoms with Gasteiger partial charge in [-0.1, -0.05) is 23.9 Å². The predicted octanol–water partition coefficient (Wildman–Crippen LogP) is 4.54. The number of ketones is 1. The van der Waals surface area contributed by atoms with E-state index < -0.39 is 0 Å². The van der Waals surface area contributed by atoms with Gasteiger partial charge in [0.15, 0.2) is 10.1 Å². The number of Topliss-reactive ketones (excluding diaryl/α,β-unsaturated/α-hetero) is 1. The van der Waals surface area contributed by atoms with Crippen LogP contribution in [0.5, 0.6) is 0 Å². The lowest BCUT2D eigenvalue weighted by atomic mass is 9.85. The van der Waals surface area contributed by atoms with Crippen molar-refractivity contribution in [1.29, 1.82) is 0 Å². The van der Waals surface area contributed by atoms with Crippen LogP contribution in [-0.4, -0.2) is 34.2 Å². The summed E-state index contributed by atoms with van der Waals surface area (Å²) in [4.78, 5) is 55.9. The van der Waals surface area contributed by atoms with Gasteiger partial charge in [-0.3, -0.25) is 19.2 Å². The van der Waals surface area contributed by atoms with Crippen molar-refractivity contribution in [2.24, 2.45) is 23.7 Å². The molecule has 0 unspecified atom stereocenters. The van der Waals surface area contributed by atoms with E-state index in [9.17, 15) is 19.2 Å². The third-order valence-corrected chi connectivity index (χ3v) is 9.14. The summed E-state index contributed by atoms with van der Waals surface area (Å²) in [6.45, 7) is 1.50. The van der Waals surface area contributed by atoms with E-state index in [1.807, 2.05) is 12.1 Å². The van der Waals surface area contributed by atoms with Crippen LogP contribution < -0.4 is 10.2 Å². The first-order valence-electron chi connectivity index (χ1n) is 11.4. The number of amides is 3. The van der Waals surface area contributed by atoms with Gasteiger partial charge in [-0.05, 0) is 67.6 Å². The van der Waals surface area contributed by atoms with Gasteiger partial charge in [0, 0.05) is 11.3 Å². The Balaban J connectivity index is 1.13. The predicted molar refractivity (Wildman–Crippen MR) is 136 cm³/mol. The first kappa shape index (κ1) is 22.2. The topological polar surface area (TPSA) is 96.4 Å². The summed E-state index contributed by atoms with van der Waals surface area (Å²) < 4.78 is 1.60. The highest BCUT2D eigenvalue weighted by Gasteiger charge is 2.59. The lowest BCUT2D eigenvalue weighted by molar-refractivity contribution is -0.123. The smallest absolute Gasteiger partial charge is 0.238 e. The molecule has 3 aliphatic rings. The van der Waals surface area contributed by atoms with Gasteiger partial charge in [-0.25, -0.2) is 9.88 Å². The summed E-state index contributed by atoms with van der Waals surface area (Å²) in [5.74, 6) is -0.290. The fraction of sp³-hybridized carbons (Fsp3) is 0.269. The highest BCUT2D eigenvalue weighted by Crippen LogP contribution is 2.53. The van der Waals surface area contributed by atoms with Gasteiger partial charge in [0.2, 0.25) is 17.7 Å². The molecule has 1 saturated carbocycles. The number of hydrogen-bond donors (Lipinski definition) is 1. The maximum absolute atomic E-state index is 13.1. The Morgan fingerprint density at radius 1 is 1.06 bits per heavy atom. The molecular formula is C26H21N3O4S2. The molecule has 3 aromatic rings. The Morgan fingerprint density at radius 3 is 2.40 bits per heavy atom. The number of carbonyl (C=O) groups is 4. The molecule has 2 aliphatic carbocycles. The van der Waals surface area contributed by atoms with Gasteiger partial charge in [0.05, 0.1) is 33.5 Å². The van der Waals surface area contributed by atoms with Crippen molar-refractivity contribution >= 4 is 68.2 Å². The van der Waals surface area contributed by atoms with E-state index in [4.69, 9.17) is 0 Å². The monoisotopic (exact) mass is 503 g/mol. The van der Waals surface area contributed by atoms with Crippen molar-refractivity contribution in [2.75, 3.05) is 16.0 Å². The van der Waals surface area contributed by atoms with Gasteiger partial charge < -0.3 is 5.32 Å². The Hall–Kier alpha value is -3.30. The number of imide groups is 1. The zero-order valence-corrected chi connectivity index (χ0v) is 20.4. The van der Waals surface area contributed by atoms with Crippen molar-refractivity contribution in [2.45, 2.75) is 17.7 Å². The Morgan fingerprint density at radius 2 is 1.74 bits per heavy atom. The quantitative estimate of drug-likeness (QED) is 0.230. The van der Waals surface area contributed by atoms with Crippen LogP contribution in [0.3, 0.4) is 0 Å². The van der Waals surface area contributed by atoms with E-state index in [0.29, 0.717) is 16.9 Å². The van der Waals surface area contributed by atoms with Gasteiger partial charge in [0.1, 0.15) is 0 Å². The van der Waals surface area contributed by atoms with Crippen LogP contribution in [-0.2, 0) is 14.4 Å². The van der Waals surface area contributed by atoms with E-state index in [1.165, 1.54) is 34.9 Å². The standard InChI is InChI=1S/C26H21N3O4S2/c1-13(30)14-4-6-17(7-5-14)27-21(31)12-34-26-28-19-9-8-18(11-20(19)35-26)29-24(32)22-15-2-3-16(10-15)23(22)25(29)33/h2-9,11,15-16,22-23H,10,12H2,1H3,(H,27,31)/t15-,16-,22-,23-/m0/s1. The average Bonchev–Trinajstić information content (AvgIpc) is 3.60. The van der Waals surface area contributed by atoms with Crippen LogP contribution in [0.4, 0.5) is 11.4 Å². The number of aromatic nitrogens is 1. The first-order chi connectivity index (χ1) is 16.9. The molecule has 4 atom stereocenters. The number of allylic oxidation sites excluding steroid dienone is 2. The molecule has 0 radical (unpaired) electrons. The third kappa shape index (κ3) is 3.79. The summed E-state index contributed by atoms with van der Waals surface area (Å²) in [5, 5.41) is 2.82. The van der Waals surface area contributed by atoms with Gasteiger partial charge in [-0.15, -0.1) is 11.3 Å². The zero-order valence-electron chi connectivity index (χ0n) is 18.8. The molecule has 35 heavy (non-hydrogen) atoms. The first-order valence-corrected chi connectivity index (χ1v) is 13.2. The second-order valence-corrected chi connectivity index (χ2v) is 11.4. The Bertz CT molecular complexity index is 1400. The number of rotatable bonds is 6. The van der Waals surface area contributed by atoms with E-state index in [2.05, 4.69) is 22.5 Å². The van der Waals surface area contributed by atoms with Gasteiger partial charge in [0.25, 0.3) is 0 Å². The molecule has 1 saturated heterocycles. The van der Waals surface area contributed by atoms with Crippen LogP contribution >= 0.6 is 23.1 Å². The summed E-state index contributed by atoms with van der Waals surface area (Å²) in [7, 11) is 0. The minimum Gasteiger partial charge on any atom is -0.325 e. The van der Waals surface area contributed by atoms with Crippen LogP contribution in [0.1, 0.15) is 23.7 Å². The lowest BCUT2D eigenvalue weighted by Crippen LogP contribution is -2.32. The molecule has 3 amide bonds. The number of hydrogen-bond acceptors (Lipinski definition) is 7. The largest absolute Gasteiger partial charge is 0.325 e. The number of benzene rings is 2. The normalized spacial score (nSPS) is 24.4. The van der Waals surface area contributed by atoms with E-state index in [-0.39, 0.29) is 52.9 Å². The maximum Gasteiger partial charge on any atom is 0.238 e. The van der Waals surface area contributed by atoms with Crippen molar-refractivity contribution in [3.8, 4) is 0 Å². The number of thioether (sulfide) groups is 1. The molecule has 7 nitrogen and oxygen atoms in total. The number of nitrogens with one attached hydrogen (secondary N) is 1. The minimum absolute atomic E-state index is 0.0251. The second-order valence-electron chi connectivity index (χ2n) is 9.11. The molecule has 2 heterocycles. The minimum atomic E-state index is -0.224. The summed E-state index contributed by atoms with van der Waals surface area (Å²) in [6, 6.07) is 12.2. The molecule has 6 rings (SSSR count). The fourth-order valence-electron chi connectivity index (χ4n) is 5.36. The van der Waals surface area contributed by atoms with Crippen molar-refractivity contribution < 1.29 is 19.2 Å². The number of fused-ring (bicyclic) bond motifs is 6. The number of thiazole rings is 1. The van der Waals surface area contributed by atoms with Crippen molar-refractivity contribution in [1.82, 2.24) is 4.98 Å². The number of nitrogens with zero attached hydrogens (tertiary/aromatic N) is 2. The summed E-state index contributed by atoms with van der Waals surface area (Å²) in [6.07, 6.45) is 5.09. The summed E-state index contributed by atoms with van der Waals surface area (Å²) in [5.41, 5.74) is 2.58. The fourth-order valence-corrected chi connectivity index (χ4v) is 7.26. The van der Waals surface area contributed by atoms with Crippen molar-refractivity contribution in [3.63, 3.8) is 0 Å². The van der Waals surface area contributed by atoms with Crippen LogP contribution in [0, 0.1) is 23.7 Å². The molecule has 2 bridgehead atoms. The SMILES string of the molecule is CC(=O)c1ccc(NC(=O)CSc2nc3ccc(N4C(=O)[C@@H]5[C@@H](C4=O)[C@H]4C=C[C@H]5C4)cc3s2)cc1. The van der Waals surface area contributed by atoms with Crippen molar-refractivity contribution in [3.05, 3.63) is 60.2 Å². The Kier molecular flexibility index (Phi) is 5.34. The molecular weight excluding hydrogens is 482 g/mol. The molecule has 1 aliphatic heterocycles. The second kappa shape index (κ2) is 8.42. The molecule has 1 aromatic heterocycles. The maximum atomic E-state index is 13.1. The molecule has 2 fully saturated rings. The third-order valence-electron chi connectivity index (χ3n) is 6.98. The zero-order chi connectivity index (χ0) is 24.3. The molecule has 176 valence electrons.